The molecule has 0 aliphatic rings. The van der Waals surface area contributed by atoms with Crippen molar-refractivity contribution in [3.8, 4) is 5.75 Å². The van der Waals surface area contributed by atoms with Gasteiger partial charge in [-0.25, -0.2) is 0 Å². The normalized spacial score (nSPS) is 11.1. The summed E-state index contributed by atoms with van der Waals surface area (Å²) in [5.74, 6) is -0.443. The van der Waals surface area contributed by atoms with Crippen LogP contribution in [0.2, 0.25) is 0 Å². The topological polar surface area (TPSA) is 72.8 Å². The van der Waals surface area contributed by atoms with E-state index < -0.39 is 5.60 Å². The van der Waals surface area contributed by atoms with Crippen molar-refractivity contribution in [3.63, 3.8) is 0 Å². The fourth-order valence-corrected chi connectivity index (χ4v) is 2.23. The fraction of sp³-hybridized carbons (Fsp3) is 0.556. The number of phenols is 1. The highest BCUT2D eigenvalue weighted by Crippen LogP contribution is 2.24. The van der Waals surface area contributed by atoms with Gasteiger partial charge in [0.1, 0.15) is 11.4 Å². The van der Waals surface area contributed by atoms with Gasteiger partial charge < -0.3 is 14.6 Å². The second-order valence-electron chi connectivity index (χ2n) is 6.31. The number of carbonyl (C=O) groups excluding carboxylic acids is 2. The van der Waals surface area contributed by atoms with Crippen LogP contribution in [0.15, 0.2) is 18.2 Å². The molecule has 0 amide bonds. The van der Waals surface area contributed by atoms with Crippen molar-refractivity contribution in [2.45, 2.75) is 59.0 Å². The van der Waals surface area contributed by atoms with E-state index in [-0.39, 0.29) is 30.5 Å². The standard InChI is InChI=1S/C18H26O5/c1-5-22-16(20)12-10-14-13(7-6-8-15(14)19)9-11-17(21)23-18(2,3)4/h6-8,19H,5,9-12H2,1-4H3. The Kier molecular flexibility index (Phi) is 7.07. The molecule has 23 heavy (non-hydrogen) atoms. The number of phenolic OH excluding ortho intramolecular Hbond substituents is 1. The first kappa shape index (κ1) is 19.0. The molecule has 0 atom stereocenters. The van der Waals surface area contributed by atoms with E-state index in [1.165, 1.54) is 0 Å². The van der Waals surface area contributed by atoms with E-state index in [0.717, 1.165) is 5.56 Å². The van der Waals surface area contributed by atoms with Gasteiger partial charge in [-0.3, -0.25) is 9.59 Å². The van der Waals surface area contributed by atoms with Gasteiger partial charge in [-0.15, -0.1) is 0 Å². The molecule has 128 valence electrons. The number of hydrogen-bond acceptors (Lipinski definition) is 5. The molecule has 0 aliphatic carbocycles. The highest BCUT2D eigenvalue weighted by atomic mass is 16.6. The molecule has 0 aliphatic heterocycles. The monoisotopic (exact) mass is 322 g/mol. The van der Waals surface area contributed by atoms with Crippen LogP contribution in [-0.4, -0.2) is 29.3 Å². The molecule has 0 unspecified atom stereocenters. The number of ether oxygens (including phenoxy) is 2. The summed E-state index contributed by atoms with van der Waals surface area (Å²) < 4.78 is 10.2. The average Bonchev–Trinajstić information content (AvgIpc) is 2.42. The quantitative estimate of drug-likeness (QED) is 0.781. The smallest absolute Gasteiger partial charge is 0.306 e. The molecule has 1 aromatic rings. The molecule has 1 rings (SSSR count). The highest BCUT2D eigenvalue weighted by Gasteiger charge is 2.17. The molecule has 0 saturated carbocycles. The van der Waals surface area contributed by atoms with Crippen LogP contribution in [0.5, 0.6) is 5.75 Å². The number of esters is 2. The first-order valence-corrected chi connectivity index (χ1v) is 7.90. The molecule has 0 spiro atoms. The van der Waals surface area contributed by atoms with Crippen molar-refractivity contribution < 1.29 is 24.2 Å². The summed E-state index contributed by atoms with van der Waals surface area (Å²) in [6, 6.07) is 5.16. The van der Waals surface area contributed by atoms with E-state index in [1.807, 2.05) is 26.8 Å². The maximum Gasteiger partial charge on any atom is 0.306 e. The summed E-state index contributed by atoms with van der Waals surface area (Å²) in [5.41, 5.74) is 1.02. The zero-order valence-corrected chi connectivity index (χ0v) is 14.3. The van der Waals surface area contributed by atoms with E-state index in [4.69, 9.17) is 9.47 Å². The fourth-order valence-electron chi connectivity index (χ4n) is 2.23. The minimum Gasteiger partial charge on any atom is -0.508 e. The molecule has 0 fully saturated rings. The Hall–Kier alpha value is -2.04. The highest BCUT2D eigenvalue weighted by molar-refractivity contribution is 5.71. The Morgan fingerprint density at radius 3 is 2.35 bits per heavy atom. The molecule has 0 heterocycles. The van der Waals surface area contributed by atoms with Crippen molar-refractivity contribution in [1.29, 1.82) is 0 Å². The number of aryl methyl sites for hydroxylation is 1. The summed E-state index contributed by atoms with van der Waals surface area (Å²) in [5, 5.41) is 10.0. The lowest BCUT2D eigenvalue weighted by Crippen LogP contribution is -2.24. The van der Waals surface area contributed by atoms with Crippen LogP contribution < -0.4 is 0 Å². The molecule has 1 N–H and O–H groups in total. The average molecular weight is 322 g/mol. The van der Waals surface area contributed by atoms with Gasteiger partial charge in [0.25, 0.3) is 0 Å². The van der Waals surface area contributed by atoms with Crippen molar-refractivity contribution in [2.24, 2.45) is 0 Å². The molecular formula is C18H26O5. The van der Waals surface area contributed by atoms with Crippen LogP contribution in [0.25, 0.3) is 0 Å². The number of aromatic hydroxyl groups is 1. The second-order valence-corrected chi connectivity index (χ2v) is 6.31. The van der Waals surface area contributed by atoms with Crippen molar-refractivity contribution in [2.75, 3.05) is 6.61 Å². The predicted molar refractivity (Wildman–Crippen MR) is 87.2 cm³/mol. The number of rotatable bonds is 7. The summed E-state index contributed by atoms with van der Waals surface area (Å²) in [4.78, 5) is 23.3. The molecule has 5 nitrogen and oxygen atoms in total. The molecule has 0 saturated heterocycles. The van der Waals surface area contributed by atoms with Gasteiger partial charge in [0, 0.05) is 12.8 Å². The second kappa shape index (κ2) is 8.56. The zero-order valence-electron chi connectivity index (χ0n) is 14.3. The van der Waals surface area contributed by atoms with Crippen molar-refractivity contribution in [3.05, 3.63) is 29.3 Å². The zero-order chi connectivity index (χ0) is 17.5. The van der Waals surface area contributed by atoms with Crippen LogP contribution in [-0.2, 0) is 31.9 Å². The molecular weight excluding hydrogens is 296 g/mol. The maximum absolute atomic E-state index is 11.8. The van der Waals surface area contributed by atoms with Crippen LogP contribution >= 0.6 is 0 Å². The van der Waals surface area contributed by atoms with Gasteiger partial charge in [0.2, 0.25) is 0 Å². The van der Waals surface area contributed by atoms with Crippen molar-refractivity contribution >= 4 is 11.9 Å². The Morgan fingerprint density at radius 1 is 1.09 bits per heavy atom. The summed E-state index contributed by atoms with van der Waals surface area (Å²) >= 11 is 0. The number of hydrogen-bond donors (Lipinski definition) is 1. The van der Waals surface area contributed by atoms with E-state index in [0.29, 0.717) is 25.0 Å². The van der Waals surface area contributed by atoms with Gasteiger partial charge in [-0.1, -0.05) is 12.1 Å². The first-order valence-electron chi connectivity index (χ1n) is 7.90. The maximum atomic E-state index is 11.8. The van der Waals surface area contributed by atoms with Gasteiger partial charge in [0.15, 0.2) is 0 Å². The van der Waals surface area contributed by atoms with Crippen molar-refractivity contribution in [1.82, 2.24) is 0 Å². The van der Waals surface area contributed by atoms with E-state index in [9.17, 15) is 14.7 Å². The number of benzene rings is 1. The largest absolute Gasteiger partial charge is 0.508 e. The van der Waals surface area contributed by atoms with E-state index in [2.05, 4.69) is 0 Å². The molecule has 1 aromatic carbocycles. The lowest BCUT2D eigenvalue weighted by Gasteiger charge is -2.19. The van der Waals surface area contributed by atoms with E-state index in [1.54, 1.807) is 19.1 Å². The Bertz CT molecular complexity index is 543. The van der Waals surface area contributed by atoms with Crippen LogP contribution in [0.3, 0.4) is 0 Å². The third-order valence-corrected chi connectivity index (χ3v) is 3.15. The third kappa shape index (κ3) is 7.17. The minimum absolute atomic E-state index is 0.135. The van der Waals surface area contributed by atoms with Crippen LogP contribution in [0.1, 0.15) is 51.7 Å². The van der Waals surface area contributed by atoms with Gasteiger partial charge in [-0.2, -0.15) is 0 Å². The summed E-state index contributed by atoms with van der Waals surface area (Å²) in [6.07, 6.45) is 1.27. The lowest BCUT2D eigenvalue weighted by atomic mass is 9.98. The predicted octanol–water partition coefficient (Wildman–Crippen LogP) is 3.16. The lowest BCUT2D eigenvalue weighted by molar-refractivity contribution is -0.154. The molecule has 0 bridgehead atoms. The van der Waals surface area contributed by atoms with Gasteiger partial charge in [0.05, 0.1) is 6.61 Å². The van der Waals surface area contributed by atoms with Gasteiger partial charge >= 0.3 is 11.9 Å². The van der Waals surface area contributed by atoms with Crippen LogP contribution in [0, 0.1) is 0 Å². The Labute approximate surface area is 137 Å². The SMILES string of the molecule is CCOC(=O)CCc1c(O)cccc1CCC(=O)OC(C)(C)C. The first-order chi connectivity index (χ1) is 10.7. The molecule has 0 radical (unpaired) electrons. The van der Waals surface area contributed by atoms with Crippen LogP contribution in [0.4, 0.5) is 0 Å². The third-order valence-electron chi connectivity index (χ3n) is 3.15. The van der Waals surface area contributed by atoms with Gasteiger partial charge in [-0.05, 0) is 57.7 Å². The summed E-state index contributed by atoms with van der Waals surface area (Å²) in [7, 11) is 0. The Balaban J connectivity index is 2.70. The molecule has 5 heteroatoms. The summed E-state index contributed by atoms with van der Waals surface area (Å²) in [6.45, 7) is 7.56. The Morgan fingerprint density at radius 2 is 1.74 bits per heavy atom. The minimum atomic E-state index is -0.511. The molecule has 0 aromatic heterocycles. The number of carbonyl (C=O) groups is 2. The van der Waals surface area contributed by atoms with E-state index >= 15 is 0 Å².